The van der Waals surface area contributed by atoms with Gasteiger partial charge in [0.15, 0.2) is 0 Å². The standard InChI is InChI=1S/C16H26O2/c1-3-4-5-6-8-15(13-17)11-14-9-7-10-16(12-14)18-2/h7,9-10,12,15,17H,3-6,8,11,13H2,1-2H3. The maximum absolute atomic E-state index is 9.44. The molecule has 18 heavy (non-hydrogen) atoms. The molecule has 0 saturated heterocycles. The minimum absolute atomic E-state index is 0.281. The number of hydrogen-bond donors (Lipinski definition) is 1. The van der Waals surface area contributed by atoms with E-state index in [2.05, 4.69) is 19.1 Å². The lowest BCUT2D eigenvalue weighted by atomic mass is 9.94. The van der Waals surface area contributed by atoms with Crippen molar-refractivity contribution in [3.05, 3.63) is 29.8 Å². The first kappa shape index (κ1) is 15.0. The molecule has 1 aromatic carbocycles. The van der Waals surface area contributed by atoms with Gasteiger partial charge in [-0.15, -0.1) is 0 Å². The van der Waals surface area contributed by atoms with Gasteiger partial charge in [0.2, 0.25) is 0 Å². The summed E-state index contributed by atoms with van der Waals surface area (Å²) >= 11 is 0. The van der Waals surface area contributed by atoms with Crippen molar-refractivity contribution in [1.82, 2.24) is 0 Å². The molecule has 0 heterocycles. The van der Waals surface area contributed by atoms with Gasteiger partial charge in [0.05, 0.1) is 7.11 Å². The zero-order valence-electron chi connectivity index (χ0n) is 11.7. The highest BCUT2D eigenvalue weighted by atomic mass is 16.5. The summed E-state index contributed by atoms with van der Waals surface area (Å²) in [4.78, 5) is 0. The largest absolute Gasteiger partial charge is 0.497 e. The number of ether oxygens (including phenoxy) is 1. The third-order valence-electron chi connectivity index (χ3n) is 3.38. The van der Waals surface area contributed by atoms with Crippen LogP contribution >= 0.6 is 0 Å². The van der Waals surface area contributed by atoms with Crippen LogP contribution < -0.4 is 4.74 Å². The zero-order chi connectivity index (χ0) is 13.2. The third-order valence-corrected chi connectivity index (χ3v) is 3.38. The first-order valence-electron chi connectivity index (χ1n) is 7.04. The number of methoxy groups -OCH3 is 1. The molecule has 0 amide bonds. The van der Waals surface area contributed by atoms with Gasteiger partial charge in [-0.2, -0.15) is 0 Å². The Morgan fingerprint density at radius 3 is 2.72 bits per heavy atom. The lowest BCUT2D eigenvalue weighted by molar-refractivity contribution is 0.214. The Labute approximate surface area is 111 Å². The van der Waals surface area contributed by atoms with Gasteiger partial charge >= 0.3 is 0 Å². The van der Waals surface area contributed by atoms with Crippen molar-refractivity contribution in [3.8, 4) is 5.75 Å². The smallest absolute Gasteiger partial charge is 0.119 e. The van der Waals surface area contributed by atoms with Crippen molar-refractivity contribution in [2.45, 2.75) is 45.4 Å². The second kappa shape index (κ2) is 8.98. The normalized spacial score (nSPS) is 12.4. The third kappa shape index (κ3) is 5.54. The van der Waals surface area contributed by atoms with Gasteiger partial charge in [-0.1, -0.05) is 44.7 Å². The molecule has 0 fully saturated rings. The summed E-state index contributed by atoms with van der Waals surface area (Å²) in [5.41, 5.74) is 1.25. The second-order valence-electron chi connectivity index (χ2n) is 4.95. The van der Waals surface area contributed by atoms with Gasteiger partial charge in [0.25, 0.3) is 0 Å². The number of aliphatic hydroxyl groups excluding tert-OH is 1. The molecule has 0 saturated carbocycles. The van der Waals surface area contributed by atoms with Crippen LogP contribution in [-0.4, -0.2) is 18.8 Å². The van der Waals surface area contributed by atoms with E-state index in [1.807, 2.05) is 12.1 Å². The van der Waals surface area contributed by atoms with Crippen molar-refractivity contribution in [2.75, 3.05) is 13.7 Å². The van der Waals surface area contributed by atoms with Crippen LogP contribution in [0.2, 0.25) is 0 Å². The quantitative estimate of drug-likeness (QED) is 0.675. The van der Waals surface area contributed by atoms with Crippen LogP contribution in [0.15, 0.2) is 24.3 Å². The van der Waals surface area contributed by atoms with E-state index in [4.69, 9.17) is 4.74 Å². The van der Waals surface area contributed by atoms with E-state index in [-0.39, 0.29) is 6.61 Å². The molecule has 2 heteroatoms. The van der Waals surface area contributed by atoms with Gasteiger partial charge in [-0.3, -0.25) is 0 Å². The van der Waals surface area contributed by atoms with E-state index < -0.39 is 0 Å². The van der Waals surface area contributed by atoms with E-state index in [0.29, 0.717) is 5.92 Å². The fourth-order valence-electron chi connectivity index (χ4n) is 2.25. The highest BCUT2D eigenvalue weighted by Crippen LogP contribution is 2.19. The van der Waals surface area contributed by atoms with Crippen LogP contribution in [0.5, 0.6) is 5.75 Å². The Kier molecular flexibility index (Phi) is 7.51. The SMILES string of the molecule is CCCCCCC(CO)Cc1cccc(OC)c1. The van der Waals surface area contributed by atoms with Crippen molar-refractivity contribution in [2.24, 2.45) is 5.92 Å². The maximum Gasteiger partial charge on any atom is 0.119 e. The van der Waals surface area contributed by atoms with E-state index >= 15 is 0 Å². The summed E-state index contributed by atoms with van der Waals surface area (Å²) in [5.74, 6) is 1.28. The summed E-state index contributed by atoms with van der Waals surface area (Å²) in [6.07, 6.45) is 7.14. The minimum Gasteiger partial charge on any atom is -0.497 e. The van der Waals surface area contributed by atoms with Crippen LogP contribution in [0.25, 0.3) is 0 Å². The molecule has 2 nitrogen and oxygen atoms in total. The highest BCUT2D eigenvalue weighted by molar-refractivity contribution is 5.28. The monoisotopic (exact) mass is 250 g/mol. The van der Waals surface area contributed by atoms with Crippen LogP contribution in [0.4, 0.5) is 0 Å². The number of benzene rings is 1. The molecule has 0 aliphatic rings. The number of aliphatic hydroxyl groups is 1. The van der Waals surface area contributed by atoms with Gasteiger partial charge in [0.1, 0.15) is 5.75 Å². The Balaban J connectivity index is 2.41. The molecular formula is C16H26O2. The van der Waals surface area contributed by atoms with E-state index in [9.17, 15) is 5.11 Å². The molecule has 0 bridgehead atoms. The number of hydrogen-bond acceptors (Lipinski definition) is 2. The summed E-state index contributed by atoms with van der Waals surface area (Å²) in [7, 11) is 1.69. The number of unbranched alkanes of at least 4 members (excludes halogenated alkanes) is 3. The Morgan fingerprint density at radius 2 is 2.06 bits per heavy atom. The average molecular weight is 250 g/mol. The highest BCUT2D eigenvalue weighted by Gasteiger charge is 2.08. The van der Waals surface area contributed by atoms with Crippen molar-refractivity contribution in [3.63, 3.8) is 0 Å². The maximum atomic E-state index is 9.44. The molecule has 0 aromatic heterocycles. The molecule has 1 aromatic rings. The van der Waals surface area contributed by atoms with Gasteiger partial charge in [0, 0.05) is 6.61 Å². The van der Waals surface area contributed by atoms with Crippen molar-refractivity contribution in [1.29, 1.82) is 0 Å². The van der Waals surface area contributed by atoms with Crippen LogP contribution in [-0.2, 0) is 6.42 Å². The van der Waals surface area contributed by atoms with E-state index in [1.165, 1.54) is 31.2 Å². The Bertz CT molecular complexity index is 323. The molecule has 0 spiro atoms. The Morgan fingerprint density at radius 1 is 1.22 bits per heavy atom. The lowest BCUT2D eigenvalue weighted by Crippen LogP contribution is -2.09. The summed E-state index contributed by atoms with van der Waals surface area (Å²) in [5, 5.41) is 9.44. The molecule has 1 rings (SSSR count). The molecular weight excluding hydrogens is 224 g/mol. The molecule has 1 atom stereocenters. The molecule has 0 radical (unpaired) electrons. The van der Waals surface area contributed by atoms with E-state index in [0.717, 1.165) is 18.6 Å². The lowest BCUT2D eigenvalue weighted by Gasteiger charge is -2.14. The predicted octanol–water partition coefficient (Wildman–Crippen LogP) is 3.82. The first-order valence-corrected chi connectivity index (χ1v) is 7.04. The summed E-state index contributed by atoms with van der Waals surface area (Å²) < 4.78 is 5.22. The molecule has 0 aliphatic carbocycles. The molecule has 1 N–H and O–H groups in total. The van der Waals surface area contributed by atoms with Crippen LogP contribution in [0, 0.1) is 5.92 Å². The van der Waals surface area contributed by atoms with Gasteiger partial charge in [-0.25, -0.2) is 0 Å². The average Bonchev–Trinajstić information content (AvgIpc) is 2.42. The van der Waals surface area contributed by atoms with Crippen molar-refractivity contribution < 1.29 is 9.84 Å². The number of rotatable bonds is 9. The molecule has 1 unspecified atom stereocenters. The minimum atomic E-state index is 0.281. The van der Waals surface area contributed by atoms with Crippen molar-refractivity contribution >= 4 is 0 Å². The van der Waals surface area contributed by atoms with Gasteiger partial charge < -0.3 is 9.84 Å². The van der Waals surface area contributed by atoms with E-state index in [1.54, 1.807) is 7.11 Å². The fourth-order valence-corrected chi connectivity index (χ4v) is 2.25. The summed E-state index contributed by atoms with van der Waals surface area (Å²) in [6.45, 7) is 2.50. The Hall–Kier alpha value is -1.02. The predicted molar refractivity (Wildman–Crippen MR) is 76.0 cm³/mol. The molecule has 0 aliphatic heterocycles. The fraction of sp³-hybridized carbons (Fsp3) is 0.625. The zero-order valence-corrected chi connectivity index (χ0v) is 11.7. The topological polar surface area (TPSA) is 29.5 Å². The van der Waals surface area contributed by atoms with Crippen LogP contribution in [0.1, 0.15) is 44.6 Å². The first-order chi connectivity index (χ1) is 8.80. The van der Waals surface area contributed by atoms with Gasteiger partial charge in [-0.05, 0) is 36.5 Å². The summed E-state index contributed by atoms with van der Waals surface area (Å²) in [6, 6.07) is 8.14. The molecule has 102 valence electrons. The van der Waals surface area contributed by atoms with Crippen LogP contribution in [0.3, 0.4) is 0 Å². The second-order valence-corrected chi connectivity index (χ2v) is 4.95.